The molecule has 2 nitrogen and oxygen atoms in total. The van der Waals surface area contributed by atoms with E-state index in [-0.39, 0.29) is 0 Å². The van der Waals surface area contributed by atoms with Gasteiger partial charge in [0, 0.05) is 17.6 Å². The molecule has 0 aliphatic rings. The third-order valence-electron chi connectivity index (χ3n) is 2.29. The van der Waals surface area contributed by atoms with Crippen molar-refractivity contribution in [3.05, 3.63) is 40.4 Å². The molecule has 1 aromatic carbocycles. The zero-order valence-electron chi connectivity index (χ0n) is 10.0. The van der Waals surface area contributed by atoms with E-state index in [0.29, 0.717) is 6.61 Å². The molecule has 0 saturated carbocycles. The lowest BCUT2D eigenvalue weighted by atomic mass is 10.1. The molecule has 0 heterocycles. The van der Waals surface area contributed by atoms with E-state index in [4.69, 9.17) is 16.3 Å². The highest BCUT2D eigenvalue weighted by Gasteiger charge is 2.06. The van der Waals surface area contributed by atoms with E-state index in [1.807, 2.05) is 33.0 Å². The minimum absolute atomic E-state index is 0.533. The van der Waals surface area contributed by atoms with E-state index in [1.54, 1.807) is 5.54 Å². The molecule has 3 heteroatoms. The highest BCUT2D eigenvalue weighted by Crippen LogP contribution is 2.23. The number of hydrogen-bond donors (Lipinski definition) is 1. The molecule has 0 atom stereocenters. The average molecular weight is 240 g/mol. The van der Waals surface area contributed by atoms with E-state index < -0.39 is 0 Å². The Morgan fingerprint density at radius 2 is 2.25 bits per heavy atom. The van der Waals surface area contributed by atoms with Gasteiger partial charge in [0.1, 0.15) is 12.4 Å². The zero-order chi connectivity index (χ0) is 12.0. The molecular weight excluding hydrogens is 222 g/mol. The van der Waals surface area contributed by atoms with Crippen LogP contribution in [0.25, 0.3) is 0 Å². The largest absolute Gasteiger partial charge is 0.489 e. The molecule has 0 amide bonds. The molecule has 0 aliphatic carbocycles. The Hall–Kier alpha value is -0.990. The standard InChI is InChI=1S/C13H18ClNO/c1-10(7-14)9-16-13-11(2)5-4-6-12(13)8-15-3/h4-7,15H,8-9H2,1-3H3/b10-7+. The number of halogens is 1. The number of hydrogen-bond acceptors (Lipinski definition) is 2. The Morgan fingerprint density at radius 3 is 2.88 bits per heavy atom. The number of aryl methyl sites for hydroxylation is 1. The first kappa shape index (κ1) is 13.1. The smallest absolute Gasteiger partial charge is 0.127 e. The number of benzene rings is 1. The number of para-hydroxylation sites is 1. The van der Waals surface area contributed by atoms with Gasteiger partial charge in [-0.1, -0.05) is 29.8 Å². The molecule has 1 N–H and O–H groups in total. The Bertz CT molecular complexity index is 374. The van der Waals surface area contributed by atoms with Gasteiger partial charge in [-0.2, -0.15) is 0 Å². The summed E-state index contributed by atoms with van der Waals surface area (Å²) in [6.07, 6.45) is 0. The molecule has 1 rings (SSSR count). The Balaban J connectivity index is 2.83. The van der Waals surface area contributed by atoms with Crippen molar-refractivity contribution in [3.8, 4) is 5.75 Å². The van der Waals surface area contributed by atoms with E-state index in [1.165, 1.54) is 5.56 Å². The molecule has 16 heavy (non-hydrogen) atoms. The Labute approximate surface area is 102 Å². The van der Waals surface area contributed by atoms with Crippen molar-refractivity contribution < 1.29 is 4.74 Å². The molecule has 0 aliphatic heterocycles. The Morgan fingerprint density at radius 1 is 1.50 bits per heavy atom. The molecule has 0 saturated heterocycles. The monoisotopic (exact) mass is 239 g/mol. The van der Waals surface area contributed by atoms with Gasteiger partial charge in [-0.3, -0.25) is 0 Å². The lowest BCUT2D eigenvalue weighted by Crippen LogP contribution is -2.09. The average Bonchev–Trinajstić information content (AvgIpc) is 2.28. The summed E-state index contributed by atoms with van der Waals surface area (Å²) in [7, 11) is 1.93. The molecule has 0 spiro atoms. The molecule has 1 aromatic rings. The van der Waals surface area contributed by atoms with Crippen LogP contribution in [0.3, 0.4) is 0 Å². The summed E-state index contributed by atoms with van der Waals surface area (Å²) in [6, 6.07) is 6.16. The van der Waals surface area contributed by atoms with Crippen LogP contribution in [-0.4, -0.2) is 13.7 Å². The molecule has 0 unspecified atom stereocenters. The minimum atomic E-state index is 0.533. The van der Waals surface area contributed by atoms with Crippen molar-refractivity contribution >= 4 is 11.6 Å². The van der Waals surface area contributed by atoms with Gasteiger partial charge >= 0.3 is 0 Å². The zero-order valence-corrected chi connectivity index (χ0v) is 10.8. The Kier molecular flexibility index (Phi) is 5.36. The molecule has 0 radical (unpaired) electrons. The maximum atomic E-state index is 5.78. The topological polar surface area (TPSA) is 21.3 Å². The predicted molar refractivity (Wildman–Crippen MR) is 69.0 cm³/mol. The summed E-state index contributed by atoms with van der Waals surface area (Å²) < 4.78 is 5.78. The van der Waals surface area contributed by atoms with Crippen LogP contribution in [0.1, 0.15) is 18.1 Å². The van der Waals surface area contributed by atoms with Crippen LogP contribution < -0.4 is 10.1 Å². The van der Waals surface area contributed by atoms with Gasteiger partial charge in [-0.25, -0.2) is 0 Å². The maximum Gasteiger partial charge on any atom is 0.127 e. The summed E-state index contributed by atoms with van der Waals surface area (Å²) in [5, 5.41) is 3.13. The molecular formula is C13H18ClNO. The fraction of sp³-hybridized carbons (Fsp3) is 0.385. The quantitative estimate of drug-likeness (QED) is 0.852. The van der Waals surface area contributed by atoms with E-state index >= 15 is 0 Å². The predicted octanol–water partition coefficient (Wildman–Crippen LogP) is 3.24. The van der Waals surface area contributed by atoms with E-state index in [9.17, 15) is 0 Å². The molecule has 0 bridgehead atoms. The van der Waals surface area contributed by atoms with Crippen LogP contribution >= 0.6 is 11.6 Å². The third-order valence-corrected chi connectivity index (χ3v) is 2.66. The molecule has 0 aromatic heterocycles. The number of nitrogens with one attached hydrogen (secondary N) is 1. The second-order valence-electron chi connectivity index (χ2n) is 3.84. The van der Waals surface area contributed by atoms with Crippen molar-refractivity contribution in [1.29, 1.82) is 0 Å². The fourth-order valence-electron chi connectivity index (χ4n) is 1.47. The molecule has 0 fully saturated rings. The van der Waals surface area contributed by atoms with Gasteiger partial charge in [0.15, 0.2) is 0 Å². The van der Waals surface area contributed by atoms with Crippen LogP contribution in [0.2, 0.25) is 0 Å². The highest BCUT2D eigenvalue weighted by atomic mass is 35.5. The van der Waals surface area contributed by atoms with Gasteiger partial charge in [0.2, 0.25) is 0 Å². The second kappa shape index (κ2) is 6.56. The van der Waals surface area contributed by atoms with E-state index in [0.717, 1.165) is 23.4 Å². The van der Waals surface area contributed by atoms with Gasteiger partial charge in [-0.15, -0.1) is 0 Å². The third kappa shape index (κ3) is 3.54. The normalized spacial score (nSPS) is 11.6. The summed E-state index contributed by atoms with van der Waals surface area (Å²) in [6.45, 7) is 5.34. The van der Waals surface area contributed by atoms with Gasteiger partial charge in [0.05, 0.1) is 0 Å². The fourth-order valence-corrected chi connectivity index (χ4v) is 1.53. The molecule has 88 valence electrons. The summed E-state index contributed by atoms with van der Waals surface area (Å²) in [5.41, 5.74) is 4.89. The summed E-state index contributed by atoms with van der Waals surface area (Å²) >= 11 is 5.60. The van der Waals surface area contributed by atoms with Crippen molar-refractivity contribution in [1.82, 2.24) is 5.32 Å². The minimum Gasteiger partial charge on any atom is -0.489 e. The summed E-state index contributed by atoms with van der Waals surface area (Å²) in [5.74, 6) is 0.953. The highest BCUT2D eigenvalue weighted by molar-refractivity contribution is 6.25. The van der Waals surface area contributed by atoms with Crippen molar-refractivity contribution in [3.63, 3.8) is 0 Å². The first-order valence-electron chi connectivity index (χ1n) is 5.30. The van der Waals surface area contributed by atoms with Gasteiger partial charge in [0.25, 0.3) is 0 Å². The lowest BCUT2D eigenvalue weighted by molar-refractivity contribution is 0.345. The van der Waals surface area contributed by atoms with Crippen molar-refractivity contribution in [2.75, 3.05) is 13.7 Å². The van der Waals surface area contributed by atoms with Crippen LogP contribution in [-0.2, 0) is 6.54 Å². The van der Waals surface area contributed by atoms with E-state index in [2.05, 4.69) is 11.4 Å². The van der Waals surface area contributed by atoms with Crippen molar-refractivity contribution in [2.45, 2.75) is 20.4 Å². The SMILES string of the molecule is CNCc1cccc(C)c1OC/C(C)=C/Cl. The number of rotatable bonds is 5. The first-order valence-corrected chi connectivity index (χ1v) is 5.74. The van der Waals surface area contributed by atoms with Crippen LogP contribution in [0.4, 0.5) is 0 Å². The lowest BCUT2D eigenvalue weighted by Gasteiger charge is -2.14. The first-order chi connectivity index (χ1) is 7.69. The van der Waals surface area contributed by atoms with Gasteiger partial charge in [-0.05, 0) is 32.0 Å². The van der Waals surface area contributed by atoms with Gasteiger partial charge < -0.3 is 10.1 Å². The number of ether oxygens (including phenoxy) is 1. The van der Waals surface area contributed by atoms with Crippen LogP contribution in [0.15, 0.2) is 29.3 Å². The summed E-state index contributed by atoms with van der Waals surface area (Å²) in [4.78, 5) is 0. The van der Waals surface area contributed by atoms with Crippen LogP contribution in [0.5, 0.6) is 5.75 Å². The maximum absolute atomic E-state index is 5.78. The van der Waals surface area contributed by atoms with Crippen molar-refractivity contribution in [2.24, 2.45) is 0 Å². The van der Waals surface area contributed by atoms with Crippen LogP contribution in [0, 0.1) is 6.92 Å². The second-order valence-corrected chi connectivity index (χ2v) is 4.06.